The molecule has 0 heterocycles. The van der Waals surface area contributed by atoms with Crippen LogP contribution in [0.3, 0.4) is 0 Å². The van der Waals surface area contributed by atoms with E-state index in [4.69, 9.17) is 0 Å². The molecule has 1 aliphatic rings. The van der Waals surface area contributed by atoms with Crippen LogP contribution in [0.1, 0.15) is 32.1 Å². The minimum absolute atomic E-state index is 0. The Labute approximate surface area is 74.7 Å². The summed E-state index contributed by atoms with van der Waals surface area (Å²) in [6.07, 6.45) is 7.05. The van der Waals surface area contributed by atoms with Crippen molar-refractivity contribution in [2.45, 2.75) is 32.1 Å². The first kappa shape index (κ1) is 9.01. The molecule has 0 amide bonds. The van der Waals surface area contributed by atoms with Crippen molar-refractivity contribution in [2.24, 2.45) is 5.92 Å². The zero-order valence-corrected chi connectivity index (χ0v) is 8.99. The molecule has 1 heteroatoms. The molecule has 1 rings (SSSR count). The Morgan fingerprint density at radius 3 is 1.75 bits per heavy atom. The predicted octanol–water partition coefficient (Wildman–Crippen LogP) is 2.40. The second kappa shape index (κ2) is 4.85. The van der Waals surface area contributed by atoms with Crippen LogP contribution < -0.4 is 0 Å². The van der Waals surface area contributed by atoms with E-state index >= 15 is 0 Å². The van der Waals surface area contributed by atoms with Gasteiger partial charge in [0.25, 0.3) is 0 Å². The van der Waals surface area contributed by atoms with Gasteiger partial charge < -0.3 is 6.92 Å². The van der Waals surface area contributed by atoms with Crippen LogP contribution in [0.4, 0.5) is 0 Å². The van der Waals surface area contributed by atoms with Gasteiger partial charge in [-0.1, -0.05) is 32.1 Å². The Balaban J connectivity index is 0.000000490. The van der Waals surface area contributed by atoms with Crippen LogP contribution in [0.25, 0.3) is 0 Å². The minimum Gasteiger partial charge on any atom is -0.340 e. The van der Waals surface area contributed by atoms with Gasteiger partial charge in [-0.25, -0.2) is 0 Å². The molecule has 0 aromatic heterocycles. The first-order valence-electron chi connectivity index (χ1n) is 3.22. The van der Waals surface area contributed by atoms with Gasteiger partial charge in [0.2, 0.25) is 0 Å². The van der Waals surface area contributed by atoms with Crippen LogP contribution in [-0.2, 0) is 0 Å². The molecular formula is C7H13Np-. The fourth-order valence-corrected chi connectivity index (χ4v) is 1.19. The van der Waals surface area contributed by atoms with E-state index in [2.05, 4.69) is 6.92 Å². The summed E-state index contributed by atoms with van der Waals surface area (Å²) in [6.45, 7) is 4.00. The summed E-state index contributed by atoms with van der Waals surface area (Å²) in [5.74, 6) is 0.786. The van der Waals surface area contributed by atoms with E-state index in [1.165, 1.54) is 32.1 Å². The van der Waals surface area contributed by atoms with Gasteiger partial charge in [-0.2, -0.15) is 5.92 Å². The van der Waals surface area contributed by atoms with Crippen LogP contribution >= 0.6 is 0 Å². The molecule has 0 aliphatic heterocycles. The predicted molar refractivity (Wildman–Crippen MR) is 31.9 cm³/mol. The van der Waals surface area contributed by atoms with Crippen LogP contribution in [-0.4, -0.2) is 0 Å². The third-order valence-corrected chi connectivity index (χ3v) is 1.72. The van der Waals surface area contributed by atoms with Gasteiger partial charge in [-0.15, -0.1) is 0 Å². The van der Waals surface area contributed by atoms with Crippen molar-refractivity contribution >= 4 is 0 Å². The number of hydrogen-bond donors (Lipinski definition) is 0. The van der Waals surface area contributed by atoms with E-state index in [0.717, 1.165) is 5.92 Å². The molecular weight excluding hydrogens is 321 g/mol. The molecule has 0 N–H and O–H groups in total. The molecule has 47 valence electrons. The molecule has 0 aromatic rings. The zero-order valence-electron chi connectivity index (χ0n) is 5.27. The molecule has 0 spiro atoms. The number of hydrogen-bond acceptors (Lipinski definition) is 0. The van der Waals surface area contributed by atoms with Gasteiger partial charge in [0.15, 0.2) is 0 Å². The Morgan fingerprint density at radius 2 is 1.50 bits per heavy atom. The molecule has 0 unspecified atom stereocenters. The molecule has 0 bridgehead atoms. The van der Waals surface area contributed by atoms with Crippen molar-refractivity contribution in [1.82, 2.24) is 0 Å². The summed E-state index contributed by atoms with van der Waals surface area (Å²) in [5, 5.41) is 0. The summed E-state index contributed by atoms with van der Waals surface area (Å²) in [7, 11) is 0. The van der Waals surface area contributed by atoms with Crippen LogP contribution in [0.5, 0.6) is 0 Å². The van der Waals surface area contributed by atoms with Gasteiger partial charge in [0.05, 0.1) is 0 Å². The quantitative estimate of drug-likeness (QED) is 0.597. The molecule has 0 nitrogen and oxygen atoms in total. The van der Waals surface area contributed by atoms with Crippen molar-refractivity contribution in [3.05, 3.63) is 6.92 Å². The Morgan fingerprint density at radius 1 is 1.00 bits per heavy atom. The first-order chi connectivity index (χ1) is 3.39. The standard InChI is InChI=1S/C7H13.Np/c1-7-5-3-2-4-6-7;/h7H,1-6H2;/q-1;. The Kier molecular flexibility index (Phi) is 5.47. The maximum absolute atomic E-state index is 4.00. The van der Waals surface area contributed by atoms with E-state index in [9.17, 15) is 0 Å². The topological polar surface area (TPSA) is 0 Å². The summed E-state index contributed by atoms with van der Waals surface area (Å²) in [5.41, 5.74) is 0. The monoisotopic (exact) mass is 333 g/mol. The average molecular weight is 334 g/mol. The van der Waals surface area contributed by atoms with Gasteiger partial charge in [-0.3, -0.25) is 0 Å². The maximum Gasteiger partial charge on any atom is 0 e. The summed E-state index contributed by atoms with van der Waals surface area (Å²) in [6, 6.07) is 0. The van der Waals surface area contributed by atoms with Crippen LogP contribution in [0.15, 0.2) is 0 Å². The molecule has 0 atom stereocenters. The fourth-order valence-electron chi connectivity index (χ4n) is 1.19. The average Bonchev–Trinajstić information content (AvgIpc) is 1.69. The third-order valence-electron chi connectivity index (χ3n) is 1.72. The minimum atomic E-state index is 0. The summed E-state index contributed by atoms with van der Waals surface area (Å²) < 4.78 is 0. The van der Waals surface area contributed by atoms with Gasteiger partial charge in [0, 0.05) is 29.9 Å². The normalized spacial score (nSPS) is 22.1. The van der Waals surface area contributed by atoms with Crippen LogP contribution in [0.2, 0.25) is 0 Å². The van der Waals surface area contributed by atoms with Crippen molar-refractivity contribution < 1.29 is 29.9 Å². The van der Waals surface area contributed by atoms with Crippen LogP contribution in [0, 0.1) is 42.8 Å². The SMILES string of the molecule is [CH2-]C1CCCCC1.[Np]. The molecule has 0 aromatic carbocycles. The van der Waals surface area contributed by atoms with E-state index in [1.54, 1.807) is 0 Å². The maximum atomic E-state index is 4.00. The zero-order chi connectivity index (χ0) is 5.11. The van der Waals surface area contributed by atoms with Crippen molar-refractivity contribution in [3.8, 4) is 0 Å². The fraction of sp³-hybridized carbons (Fsp3) is 0.857. The van der Waals surface area contributed by atoms with Gasteiger partial charge >= 0.3 is 0 Å². The molecule has 1 aliphatic carbocycles. The van der Waals surface area contributed by atoms with Gasteiger partial charge in [-0.05, 0) is 0 Å². The van der Waals surface area contributed by atoms with Crippen molar-refractivity contribution in [3.63, 3.8) is 0 Å². The second-order valence-electron chi connectivity index (χ2n) is 2.50. The van der Waals surface area contributed by atoms with E-state index in [0.29, 0.717) is 0 Å². The van der Waals surface area contributed by atoms with E-state index in [-0.39, 0.29) is 29.9 Å². The Hall–Kier alpha value is 1.01. The molecule has 0 saturated heterocycles. The first-order valence-corrected chi connectivity index (χ1v) is 3.22. The number of rotatable bonds is 0. The Bertz CT molecular complexity index is 46.3. The molecule has 1 fully saturated rings. The smallest absolute Gasteiger partial charge is 0 e. The molecule has 1 saturated carbocycles. The largest absolute Gasteiger partial charge is 0.340 e. The molecule has 1 radical (unpaired) electrons. The summed E-state index contributed by atoms with van der Waals surface area (Å²) >= 11 is 0. The van der Waals surface area contributed by atoms with Gasteiger partial charge in [0.1, 0.15) is 0 Å². The van der Waals surface area contributed by atoms with E-state index in [1.807, 2.05) is 0 Å². The summed E-state index contributed by atoms with van der Waals surface area (Å²) in [4.78, 5) is 0. The van der Waals surface area contributed by atoms with Crippen molar-refractivity contribution in [1.29, 1.82) is 0 Å². The van der Waals surface area contributed by atoms with Crippen molar-refractivity contribution in [2.75, 3.05) is 0 Å². The third kappa shape index (κ3) is 3.12. The van der Waals surface area contributed by atoms with E-state index < -0.39 is 0 Å². The second-order valence-corrected chi connectivity index (χ2v) is 2.50. The molecule has 8 heavy (non-hydrogen) atoms.